The minimum atomic E-state index is -0.358. The van der Waals surface area contributed by atoms with Crippen LogP contribution in [0.25, 0.3) is 0 Å². The number of rotatable bonds is 6. The van der Waals surface area contributed by atoms with Gasteiger partial charge in [-0.1, -0.05) is 19.1 Å². The second-order valence-electron chi connectivity index (χ2n) is 4.59. The van der Waals surface area contributed by atoms with Gasteiger partial charge >= 0.3 is 0 Å². The van der Waals surface area contributed by atoms with E-state index in [0.29, 0.717) is 6.54 Å². The summed E-state index contributed by atoms with van der Waals surface area (Å²) in [6, 6.07) is 10.8. The lowest BCUT2D eigenvalue weighted by Crippen LogP contribution is -2.22. The van der Waals surface area contributed by atoms with Crippen molar-refractivity contribution in [2.24, 2.45) is 0 Å². The molecule has 2 rings (SSSR count). The molecule has 0 atom stereocenters. The summed E-state index contributed by atoms with van der Waals surface area (Å²) in [6.45, 7) is 4.46. The van der Waals surface area contributed by atoms with Crippen LogP contribution in [0.5, 0.6) is 0 Å². The molecule has 0 aliphatic rings. The van der Waals surface area contributed by atoms with E-state index in [4.69, 9.17) is 0 Å². The third kappa shape index (κ3) is 3.86. The van der Waals surface area contributed by atoms with Crippen LogP contribution in [0.4, 0.5) is 5.69 Å². The second-order valence-corrected chi connectivity index (χ2v) is 4.59. The van der Waals surface area contributed by atoms with Gasteiger partial charge in [0.2, 0.25) is 0 Å². The monoisotopic (exact) mass is 271 g/mol. The lowest BCUT2D eigenvalue weighted by atomic mass is 10.1. The molecule has 20 heavy (non-hydrogen) atoms. The standard InChI is InChI=1S/C15H17N3O2/c1-2-17(11-13-6-8-16-9-7-13)12-14-4-3-5-15(10-14)18(19)20/h3-10H,2,11-12H2,1H3. The Morgan fingerprint density at radius 3 is 2.50 bits per heavy atom. The Morgan fingerprint density at radius 2 is 1.85 bits per heavy atom. The van der Waals surface area contributed by atoms with Gasteiger partial charge < -0.3 is 0 Å². The summed E-state index contributed by atoms with van der Waals surface area (Å²) in [5.74, 6) is 0. The molecule has 5 heteroatoms. The fourth-order valence-electron chi connectivity index (χ4n) is 2.05. The molecule has 0 saturated heterocycles. The first kappa shape index (κ1) is 14.1. The molecule has 0 aliphatic heterocycles. The molecule has 1 heterocycles. The van der Waals surface area contributed by atoms with Gasteiger partial charge in [0.1, 0.15) is 0 Å². The van der Waals surface area contributed by atoms with Gasteiger partial charge in [-0.2, -0.15) is 0 Å². The molecule has 0 radical (unpaired) electrons. The minimum Gasteiger partial charge on any atom is -0.295 e. The van der Waals surface area contributed by atoms with Gasteiger partial charge in [0, 0.05) is 37.6 Å². The van der Waals surface area contributed by atoms with Crippen LogP contribution in [0.1, 0.15) is 18.1 Å². The summed E-state index contributed by atoms with van der Waals surface area (Å²) in [5, 5.41) is 10.8. The van der Waals surface area contributed by atoms with Crippen molar-refractivity contribution in [3.8, 4) is 0 Å². The number of nitrogens with zero attached hydrogens (tertiary/aromatic N) is 3. The zero-order valence-corrected chi connectivity index (χ0v) is 11.4. The SMILES string of the molecule is CCN(Cc1ccncc1)Cc1cccc([N+](=O)[O-])c1. The fraction of sp³-hybridized carbons (Fsp3) is 0.267. The van der Waals surface area contributed by atoms with Crippen molar-refractivity contribution < 1.29 is 4.92 Å². The largest absolute Gasteiger partial charge is 0.295 e. The van der Waals surface area contributed by atoms with E-state index in [9.17, 15) is 10.1 Å². The van der Waals surface area contributed by atoms with Gasteiger partial charge in [-0.05, 0) is 29.8 Å². The third-order valence-electron chi connectivity index (χ3n) is 3.13. The van der Waals surface area contributed by atoms with Crippen molar-refractivity contribution in [1.82, 2.24) is 9.88 Å². The highest BCUT2D eigenvalue weighted by molar-refractivity contribution is 5.34. The van der Waals surface area contributed by atoms with E-state index in [1.54, 1.807) is 24.5 Å². The van der Waals surface area contributed by atoms with E-state index in [1.807, 2.05) is 18.2 Å². The number of hydrogen-bond acceptors (Lipinski definition) is 4. The van der Waals surface area contributed by atoms with Crippen molar-refractivity contribution in [3.05, 3.63) is 70.0 Å². The number of pyridine rings is 1. The number of nitro groups is 1. The van der Waals surface area contributed by atoms with E-state index in [-0.39, 0.29) is 10.6 Å². The van der Waals surface area contributed by atoms with E-state index >= 15 is 0 Å². The highest BCUT2D eigenvalue weighted by Gasteiger charge is 2.09. The Bertz CT molecular complexity index is 572. The maximum atomic E-state index is 10.8. The predicted molar refractivity (Wildman–Crippen MR) is 77.1 cm³/mol. The van der Waals surface area contributed by atoms with Gasteiger partial charge in [-0.3, -0.25) is 20.0 Å². The van der Waals surface area contributed by atoms with Crippen LogP contribution in [0.3, 0.4) is 0 Å². The van der Waals surface area contributed by atoms with E-state index in [0.717, 1.165) is 18.7 Å². The molecule has 5 nitrogen and oxygen atoms in total. The number of hydrogen-bond donors (Lipinski definition) is 0. The van der Waals surface area contributed by atoms with Gasteiger partial charge in [-0.15, -0.1) is 0 Å². The number of non-ortho nitro benzene ring substituents is 1. The Labute approximate surface area is 118 Å². The summed E-state index contributed by atoms with van der Waals surface area (Å²) in [6.07, 6.45) is 3.55. The van der Waals surface area contributed by atoms with Crippen molar-refractivity contribution in [3.63, 3.8) is 0 Å². The first-order chi connectivity index (χ1) is 9.69. The Balaban J connectivity index is 2.06. The summed E-state index contributed by atoms with van der Waals surface area (Å²) in [7, 11) is 0. The topological polar surface area (TPSA) is 59.3 Å². The van der Waals surface area contributed by atoms with Crippen LogP contribution in [0, 0.1) is 10.1 Å². The van der Waals surface area contributed by atoms with E-state index < -0.39 is 0 Å². The number of benzene rings is 1. The molecule has 1 aromatic carbocycles. The predicted octanol–water partition coefficient (Wildman–Crippen LogP) is 3.01. The van der Waals surface area contributed by atoms with Crippen LogP contribution < -0.4 is 0 Å². The highest BCUT2D eigenvalue weighted by atomic mass is 16.6. The molecule has 1 aromatic heterocycles. The Hall–Kier alpha value is -2.27. The molecule has 2 aromatic rings. The average molecular weight is 271 g/mol. The van der Waals surface area contributed by atoms with Crippen molar-refractivity contribution in [1.29, 1.82) is 0 Å². The van der Waals surface area contributed by atoms with Gasteiger partial charge in [-0.25, -0.2) is 0 Å². The molecular formula is C15H17N3O2. The average Bonchev–Trinajstić information content (AvgIpc) is 2.48. The molecule has 0 spiro atoms. The lowest BCUT2D eigenvalue weighted by Gasteiger charge is -2.20. The van der Waals surface area contributed by atoms with Gasteiger partial charge in [0.05, 0.1) is 4.92 Å². The van der Waals surface area contributed by atoms with Crippen LogP contribution in [-0.2, 0) is 13.1 Å². The van der Waals surface area contributed by atoms with Crippen LogP contribution >= 0.6 is 0 Å². The zero-order chi connectivity index (χ0) is 14.4. The van der Waals surface area contributed by atoms with Crippen LogP contribution in [0.15, 0.2) is 48.8 Å². The van der Waals surface area contributed by atoms with Crippen LogP contribution in [-0.4, -0.2) is 21.4 Å². The van der Waals surface area contributed by atoms with Crippen molar-refractivity contribution in [2.45, 2.75) is 20.0 Å². The smallest absolute Gasteiger partial charge is 0.269 e. The maximum absolute atomic E-state index is 10.8. The molecule has 0 amide bonds. The fourth-order valence-corrected chi connectivity index (χ4v) is 2.05. The zero-order valence-electron chi connectivity index (χ0n) is 11.4. The van der Waals surface area contributed by atoms with E-state index in [1.165, 1.54) is 11.6 Å². The van der Waals surface area contributed by atoms with Gasteiger partial charge in [0.25, 0.3) is 5.69 Å². The highest BCUT2D eigenvalue weighted by Crippen LogP contribution is 2.15. The molecule has 104 valence electrons. The molecule has 0 N–H and O–H groups in total. The first-order valence-corrected chi connectivity index (χ1v) is 6.53. The Kier molecular flexibility index (Phi) is 4.79. The van der Waals surface area contributed by atoms with Gasteiger partial charge in [0.15, 0.2) is 0 Å². The molecule has 0 saturated carbocycles. The van der Waals surface area contributed by atoms with Crippen molar-refractivity contribution >= 4 is 5.69 Å². The lowest BCUT2D eigenvalue weighted by molar-refractivity contribution is -0.384. The Morgan fingerprint density at radius 1 is 1.15 bits per heavy atom. The second kappa shape index (κ2) is 6.77. The molecular weight excluding hydrogens is 254 g/mol. The molecule has 0 aliphatic carbocycles. The molecule has 0 bridgehead atoms. The molecule has 0 unspecified atom stereocenters. The summed E-state index contributed by atoms with van der Waals surface area (Å²) in [4.78, 5) is 16.7. The number of nitro benzene ring substituents is 1. The minimum absolute atomic E-state index is 0.141. The quantitative estimate of drug-likeness (QED) is 0.598. The summed E-state index contributed by atoms with van der Waals surface area (Å²) >= 11 is 0. The maximum Gasteiger partial charge on any atom is 0.269 e. The first-order valence-electron chi connectivity index (χ1n) is 6.53. The van der Waals surface area contributed by atoms with Crippen LogP contribution in [0.2, 0.25) is 0 Å². The van der Waals surface area contributed by atoms with Crippen molar-refractivity contribution in [2.75, 3.05) is 6.54 Å². The molecule has 0 fully saturated rings. The number of aromatic nitrogens is 1. The normalized spacial score (nSPS) is 10.7. The summed E-state index contributed by atoms with van der Waals surface area (Å²) in [5.41, 5.74) is 2.28. The van der Waals surface area contributed by atoms with E-state index in [2.05, 4.69) is 16.8 Å². The third-order valence-corrected chi connectivity index (χ3v) is 3.13. The summed E-state index contributed by atoms with van der Waals surface area (Å²) < 4.78 is 0.